The molecule has 0 aromatic carbocycles. The number of hydrogen-bond donors (Lipinski definition) is 2. The molecule has 0 aliphatic rings. The van der Waals surface area contributed by atoms with Crippen molar-refractivity contribution >= 4 is 0 Å². The molecule has 1 aromatic rings. The summed E-state index contributed by atoms with van der Waals surface area (Å²) in [6.07, 6.45) is -0.521. The van der Waals surface area contributed by atoms with Crippen molar-refractivity contribution in [3.05, 3.63) is 33.7 Å². The van der Waals surface area contributed by atoms with E-state index in [4.69, 9.17) is 0 Å². The van der Waals surface area contributed by atoms with Crippen molar-refractivity contribution in [2.45, 2.75) is 20.0 Å². The van der Waals surface area contributed by atoms with E-state index in [-0.39, 0.29) is 5.56 Å². The van der Waals surface area contributed by atoms with E-state index in [1.165, 1.54) is 6.07 Å². The van der Waals surface area contributed by atoms with E-state index >= 15 is 0 Å². The van der Waals surface area contributed by atoms with Gasteiger partial charge in [-0.15, -0.1) is 0 Å². The van der Waals surface area contributed by atoms with Crippen LogP contribution >= 0.6 is 0 Å². The van der Waals surface area contributed by atoms with Crippen LogP contribution in [0.2, 0.25) is 0 Å². The van der Waals surface area contributed by atoms with Gasteiger partial charge in [0.15, 0.2) is 0 Å². The van der Waals surface area contributed by atoms with Gasteiger partial charge in [0.1, 0.15) is 0 Å². The van der Waals surface area contributed by atoms with Crippen molar-refractivity contribution in [1.29, 1.82) is 0 Å². The van der Waals surface area contributed by atoms with Crippen LogP contribution in [-0.2, 0) is 0 Å². The van der Waals surface area contributed by atoms with Crippen LogP contribution in [0.15, 0.2) is 16.9 Å². The smallest absolute Gasteiger partial charge is 0.248 e. The maximum Gasteiger partial charge on any atom is 0.248 e. The lowest BCUT2D eigenvalue weighted by molar-refractivity contribution is 0.198. The van der Waals surface area contributed by atoms with Crippen LogP contribution in [-0.4, -0.2) is 10.1 Å². The van der Waals surface area contributed by atoms with E-state index in [1.54, 1.807) is 19.9 Å². The van der Waals surface area contributed by atoms with Crippen molar-refractivity contribution in [3.8, 4) is 0 Å². The normalized spacial score (nSPS) is 13.0. The van der Waals surface area contributed by atoms with E-state index in [0.717, 1.165) is 11.3 Å². The van der Waals surface area contributed by atoms with Crippen LogP contribution in [0.4, 0.5) is 0 Å². The molecule has 1 atom stereocenters. The molecule has 0 unspecified atom stereocenters. The topological polar surface area (TPSA) is 53.1 Å². The monoisotopic (exact) mass is 153 g/mol. The van der Waals surface area contributed by atoms with E-state index in [1.807, 2.05) is 0 Å². The van der Waals surface area contributed by atoms with Gasteiger partial charge in [0.2, 0.25) is 5.56 Å². The van der Waals surface area contributed by atoms with Gasteiger partial charge in [0.25, 0.3) is 0 Å². The van der Waals surface area contributed by atoms with Gasteiger partial charge in [-0.2, -0.15) is 0 Å². The lowest BCUT2D eigenvalue weighted by Gasteiger charge is -2.06. The zero-order valence-corrected chi connectivity index (χ0v) is 6.59. The standard InChI is InChI=1S/C8H11NO2/c1-5-7(6(2)10)3-4-8(11)9-5/h3-4,6,10H,1-2H3,(H,9,11)/t6-/m1/s1. The number of hydrogen-bond acceptors (Lipinski definition) is 2. The molecule has 2 N–H and O–H groups in total. The number of aromatic nitrogens is 1. The molecule has 60 valence electrons. The van der Waals surface area contributed by atoms with Crippen LogP contribution in [0.25, 0.3) is 0 Å². The van der Waals surface area contributed by atoms with Gasteiger partial charge in [0.05, 0.1) is 6.10 Å². The summed E-state index contributed by atoms with van der Waals surface area (Å²) in [5.74, 6) is 0. The molecule has 3 heteroatoms. The third kappa shape index (κ3) is 1.68. The van der Waals surface area contributed by atoms with Gasteiger partial charge >= 0.3 is 0 Å². The van der Waals surface area contributed by atoms with Gasteiger partial charge in [-0.05, 0) is 25.5 Å². The number of aryl methyl sites for hydroxylation is 1. The van der Waals surface area contributed by atoms with Crippen LogP contribution in [0, 0.1) is 6.92 Å². The van der Waals surface area contributed by atoms with Crippen molar-refractivity contribution in [2.24, 2.45) is 0 Å². The van der Waals surface area contributed by atoms with E-state index in [9.17, 15) is 9.90 Å². The third-order valence-electron chi connectivity index (χ3n) is 1.61. The van der Waals surface area contributed by atoms with Gasteiger partial charge in [-0.1, -0.05) is 0 Å². The molecule has 1 aromatic heterocycles. The lowest BCUT2D eigenvalue weighted by Crippen LogP contribution is -2.08. The average molecular weight is 153 g/mol. The van der Waals surface area contributed by atoms with Crippen molar-refractivity contribution in [1.82, 2.24) is 4.98 Å². The molecule has 0 aliphatic carbocycles. The number of aliphatic hydroxyl groups is 1. The van der Waals surface area contributed by atoms with Crippen LogP contribution in [0.3, 0.4) is 0 Å². The van der Waals surface area contributed by atoms with Crippen molar-refractivity contribution in [3.63, 3.8) is 0 Å². The SMILES string of the molecule is Cc1[nH]c(=O)ccc1[C@@H](C)O. The lowest BCUT2D eigenvalue weighted by atomic mass is 10.1. The fourth-order valence-corrected chi connectivity index (χ4v) is 1.04. The highest BCUT2D eigenvalue weighted by atomic mass is 16.3. The number of aliphatic hydroxyl groups excluding tert-OH is 1. The first-order chi connectivity index (χ1) is 5.11. The van der Waals surface area contributed by atoms with Crippen molar-refractivity contribution < 1.29 is 5.11 Å². The molecule has 3 nitrogen and oxygen atoms in total. The molecular weight excluding hydrogens is 142 g/mol. The molecule has 0 radical (unpaired) electrons. The summed E-state index contributed by atoms with van der Waals surface area (Å²) in [6, 6.07) is 3.05. The first-order valence-corrected chi connectivity index (χ1v) is 3.49. The van der Waals surface area contributed by atoms with E-state index < -0.39 is 6.10 Å². The third-order valence-corrected chi connectivity index (χ3v) is 1.61. The minimum atomic E-state index is -0.521. The van der Waals surface area contributed by atoms with Gasteiger partial charge in [0, 0.05) is 11.8 Å². The molecule has 11 heavy (non-hydrogen) atoms. The number of nitrogens with one attached hydrogen (secondary N) is 1. The fraction of sp³-hybridized carbons (Fsp3) is 0.375. The Labute approximate surface area is 64.7 Å². The predicted molar refractivity (Wildman–Crippen MR) is 42.4 cm³/mol. The summed E-state index contributed by atoms with van der Waals surface area (Å²) >= 11 is 0. The summed E-state index contributed by atoms with van der Waals surface area (Å²) in [7, 11) is 0. The summed E-state index contributed by atoms with van der Waals surface area (Å²) in [5.41, 5.74) is 1.36. The van der Waals surface area contributed by atoms with Crippen molar-refractivity contribution in [2.75, 3.05) is 0 Å². The molecule has 0 amide bonds. The quantitative estimate of drug-likeness (QED) is 0.625. The molecule has 0 saturated heterocycles. The minimum absolute atomic E-state index is 0.132. The molecular formula is C8H11NO2. The first-order valence-electron chi connectivity index (χ1n) is 3.49. The molecule has 0 aliphatic heterocycles. The van der Waals surface area contributed by atoms with Crippen LogP contribution < -0.4 is 5.56 Å². The zero-order valence-electron chi connectivity index (χ0n) is 6.59. The number of rotatable bonds is 1. The predicted octanol–water partition coefficient (Wildman–Crippen LogP) is 0.737. The number of H-pyrrole nitrogens is 1. The fourth-order valence-electron chi connectivity index (χ4n) is 1.04. The van der Waals surface area contributed by atoms with E-state index in [0.29, 0.717) is 0 Å². The highest BCUT2D eigenvalue weighted by molar-refractivity contribution is 5.20. The first kappa shape index (κ1) is 8.01. The summed E-state index contributed by atoms with van der Waals surface area (Å²) in [5, 5.41) is 9.17. The Hall–Kier alpha value is -1.09. The maximum atomic E-state index is 10.7. The number of aromatic amines is 1. The Morgan fingerprint density at radius 1 is 1.55 bits per heavy atom. The van der Waals surface area contributed by atoms with Gasteiger partial charge < -0.3 is 10.1 Å². The van der Waals surface area contributed by atoms with E-state index in [2.05, 4.69) is 4.98 Å². The van der Waals surface area contributed by atoms with Gasteiger partial charge in [-0.3, -0.25) is 4.79 Å². The zero-order chi connectivity index (χ0) is 8.43. The highest BCUT2D eigenvalue weighted by Gasteiger charge is 2.03. The second-order valence-electron chi connectivity index (χ2n) is 2.58. The van der Waals surface area contributed by atoms with Gasteiger partial charge in [-0.25, -0.2) is 0 Å². The van der Waals surface area contributed by atoms with Crippen LogP contribution in [0.5, 0.6) is 0 Å². The Morgan fingerprint density at radius 2 is 2.18 bits per heavy atom. The summed E-state index contributed by atoms with van der Waals surface area (Å²) < 4.78 is 0. The Morgan fingerprint density at radius 3 is 2.64 bits per heavy atom. The van der Waals surface area contributed by atoms with Crippen LogP contribution in [0.1, 0.15) is 24.3 Å². The Bertz CT molecular complexity index is 301. The second kappa shape index (κ2) is 2.88. The minimum Gasteiger partial charge on any atom is -0.389 e. The summed E-state index contributed by atoms with van der Waals surface area (Å²) in [4.78, 5) is 13.3. The maximum absolute atomic E-state index is 10.7. The molecule has 1 heterocycles. The molecule has 0 bridgehead atoms. The molecule has 0 saturated carbocycles. The largest absolute Gasteiger partial charge is 0.389 e. The summed E-state index contributed by atoms with van der Waals surface area (Å²) in [6.45, 7) is 3.43. The Kier molecular flexibility index (Phi) is 2.10. The second-order valence-corrected chi connectivity index (χ2v) is 2.58. The average Bonchev–Trinajstić information content (AvgIpc) is 1.85. The molecule has 0 fully saturated rings. The Balaban J connectivity index is 3.20. The number of pyridine rings is 1. The molecule has 0 spiro atoms. The highest BCUT2D eigenvalue weighted by Crippen LogP contribution is 2.11. The molecule has 1 rings (SSSR count).